The molecule has 0 aliphatic carbocycles. The summed E-state index contributed by atoms with van der Waals surface area (Å²) in [4.78, 5) is 32.9. The van der Waals surface area contributed by atoms with Gasteiger partial charge in [0.1, 0.15) is 11.5 Å². The molecule has 7 heteroatoms. The van der Waals surface area contributed by atoms with Crippen LogP contribution >= 0.6 is 0 Å². The zero-order valence-electron chi connectivity index (χ0n) is 20.3. The number of nitrogens with one attached hydrogen (secondary N) is 1. The summed E-state index contributed by atoms with van der Waals surface area (Å²) in [6.07, 6.45) is 1.94. The van der Waals surface area contributed by atoms with Crippen molar-refractivity contribution in [3.8, 4) is 11.5 Å². The molecule has 4 aromatic rings. The van der Waals surface area contributed by atoms with Crippen molar-refractivity contribution < 1.29 is 19.1 Å². The fourth-order valence-electron chi connectivity index (χ4n) is 4.55. The zero-order chi connectivity index (χ0) is 24.9. The number of ether oxygens (including phenoxy) is 2. The molecule has 0 unspecified atom stereocenters. The lowest BCUT2D eigenvalue weighted by Gasteiger charge is -2.34. The highest BCUT2D eigenvalue weighted by atomic mass is 16.5. The van der Waals surface area contributed by atoms with E-state index in [-0.39, 0.29) is 18.3 Å². The predicted octanol–water partition coefficient (Wildman–Crippen LogP) is 4.28. The van der Waals surface area contributed by atoms with Gasteiger partial charge in [0.05, 0.1) is 13.5 Å². The Kier molecular flexibility index (Phi) is 7.00. The van der Waals surface area contributed by atoms with Crippen LogP contribution in [0.3, 0.4) is 0 Å². The predicted molar refractivity (Wildman–Crippen MR) is 138 cm³/mol. The van der Waals surface area contributed by atoms with Crippen LogP contribution in [0.5, 0.6) is 11.5 Å². The maximum atomic E-state index is 13.0. The summed E-state index contributed by atoms with van der Waals surface area (Å²) in [6.45, 7) is 3.97. The number of H-pyrrole nitrogens is 1. The van der Waals surface area contributed by atoms with E-state index in [1.807, 2.05) is 35.4 Å². The van der Waals surface area contributed by atoms with Gasteiger partial charge in [-0.3, -0.25) is 14.5 Å². The number of hydrogen-bond donors (Lipinski definition) is 1. The summed E-state index contributed by atoms with van der Waals surface area (Å²) >= 11 is 0. The van der Waals surface area contributed by atoms with E-state index in [4.69, 9.17) is 9.47 Å². The smallest absolute Gasteiger partial charge is 0.315 e. The number of piperazine rings is 1. The highest BCUT2D eigenvalue weighted by Gasteiger charge is 2.22. The first-order valence-corrected chi connectivity index (χ1v) is 12.1. The van der Waals surface area contributed by atoms with Crippen LogP contribution in [-0.4, -0.2) is 59.9 Å². The van der Waals surface area contributed by atoms with Gasteiger partial charge in [-0.25, -0.2) is 0 Å². The van der Waals surface area contributed by atoms with Gasteiger partial charge in [0.2, 0.25) is 0 Å². The monoisotopic (exact) mass is 483 g/mol. The maximum Gasteiger partial charge on any atom is 0.315 e. The largest absolute Gasteiger partial charge is 0.497 e. The van der Waals surface area contributed by atoms with Crippen LogP contribution in [0.2, 0.25) is 0 Å². The average Bonchev–Trinajstić information content (AvgIpc) is 3.31. The molecule has 1 aromatic heterocycles. The third-order valence-corrected chi connectivity index (χ3v) is 6.55. The first kappa shape index (κ1) is 23.6. The summed E-state index contributed by atoms with van der Waals surface area (Å²) in [7, 11) is 1.61. The normalized spacial score (nSPS) is 14.1. The van der Waals surface area contributed by atoms with Crippen molar-refractivity contribution >= 4 is 22.8 Å². The van der Waals surface area contributed by atoms with E-state index in [1.54, 1.807) is 31.4 Å². The van der Waals surface area contributed by atoms with E-state index in [2.05, 4.69) is 34.1 Å². The molecule has 1 saturated heterocycles. The lowest BCUT2D eigenvalue weighted by Crippen LogP contribution is -2.48. The van der Waals surface area contributed by atoms with Crippen LogP contribution < -0.4 is 9.47 Å². The summed E-state index contributed by atoms with van der Waals surface area (Å²) in [5.74, 6) is 0.781. The Bertz CT molecular complexity index is 1340. The van der Waals surface area contributed by atoms with E-state index in [1.165, 1.54) is 5.56 Å². The Hall–Kier alpha value is -4.10. The first-order chi connectivity index (χ1) is 17.6. The van der Waals surface area contributed by atoms with Crippen molar-refractivity contribution in [2.75, 3.05) is 33.3 Å². The lowest BCUT2D eigenvalue weighted by atomic mass is 10.1. The van der Waals surface area contributed by atoms with Gasteiger partial charge >= 0.3 is 5.97 Å². The van der Waals surface area contributed by atoms with Crippen molar-refractivity contribution in [1.82, 2.24) is 14.8 Å². The topological polar surface area (TPSA) is 74.9 Å². The average molecular weight is 484 g/mol. The van der Waals surface area contributed by atoms with Crippen LogP contribution in [0, 0.1) is 0 Å². The summed E-state index contributed by atoms with van der Waals surface area (Å²) in [6, 6.07) is 22.9. The number of carbonyl (C=O) groups excluding carboxylic acids is 2. The van der Waals surface area contributed by atoms with Gasteiger partial charge in [-0.1, -0.05) is 30.3 Å². The van der Waals surface area contributed by atoms with Crippen LogP contribution in [0.25, 0.3) is 10.9 Å². The standard InChI is InChI=1S/C29H29N3O4/c1-35-25-11-12-27-26(18-25)23(19-30-27)17-28(33)36-24-9-7-22(8-10-24)29(34)32-15-13-31(14-16-32)20-21-5-3-2-4-6-21/h2-12,18-19,30H,13-17,20H2,1H3. The molecule has 0 bridgehead atoms. The second kappa shape index (κ2) is 10.7. The van der Waals surface area contributed by atoms with Gasteiger partial charge < -0.3 is 19.4 Å². The van der Waals surface area contributed by atoms with Crippen LogP contribution in [-0.2, 0) is 17.8 Å². The minimum atomic E-state index is -0.368. The van der Waals surface area contributed by atoms with Gasteiger partial charge in [0.15, 0.2) is 0 Å². The number of aromatic nitrogens is 1. The van der Waals surface area contributed by atoms with Crippen LogP contribution in [0.15, 0.2) is 79.0 Å². The molecular weight excluding hydrogens is 454 g/mol. The third kappa shape index (κ3) is 5.42. The van der Waals surface area contributed by atoms with Crippen LogP contribution in [0.4, 0.5) is 0 Å². The fourth-order valence-corrected chi connectivity index (χ4v) is 4.55. The molecule has 2 heterocycles. The van der Waals surface area contributed by atoms with Crippen molar-refractivity contribution in [3.05, 3.63) is 95.7 Å². The lowest BCUT2D eigenvalue weighted by molar-refractivity contribution is -0.133. The van der Waals surface area contributed by atoms with E-state index in [9.17, 15) is 9.59 Å². The Morgan fingerprint density at radius 1 is 0.889 bits per heavy atom. The number of amides is 1. The molecule has 184 valence electrons. The number of carbonyl (C=O) groups is 2. The molecule has 36 heavy (non-hydrogen) atoms. The molecule has 0 atom stereocenters. The Labute approximate surface area is 210 Å². The number of methoxy groups -OCH3 is 1. The minimum Gasteiger partial charge on any atom is -0.497 e. The highest BCUT2D eigenvalue weighted by Crippen LogP contribution is 2.24. The number of rotatable bonds is 7. The van der Waals surface area contributed by atoms with Gasteiger partial charge in [-0.15, -0.1) is 0 Å². The number of esters is 1. The van der Waals surface area contributed by atoms with Crippen molar-refractivity contribution in [3.63, 3.8) is 0 Å². The molecule has 0 radical (unpaired) electrons. The molecule has 5 rings (SSSR count). The third-order valence-electron chi connectivity index (χ3n) is 6.55. The van der Waals surface area contributed by atoms with E-state index < -0.39 is 0 Å². The van der Waals surface area contributed by atoms with E-state index in [0.29, 0.717) is 24.4 Å². The minimum absolute atomic E-state index is 0.0000208. The van der Waals surface area contributed by atoms with Crippen molar-refractivity contribution in [1.29, 1.82) is 0 Å². The molecule has 1 aliphatic rings. The number of nitrogens with zero attached hydrogens (tertiary/aromatic N) is 2. The zero-order valence-corrected chi connectivity index (χ0v) is 20.3. The molecule has 1 fully saturated rings. The summed E-state index contributed by atoms with van der Waals surface area (Å²) in [5, 5.41) is 0.927. The molecule has 1 aliphatic heterocycles. The summed E-state index contributed by atoms with van der Waals surface area (Å²) in [5.41, 5.74) is 3.65. The first-order valence-electron chi connectivity index (χ1n) is 12.1. The van der Waals surface area contributed by atoms with Crippen LogP contribution in [0.1, 0.15) is 21.5 Å². The Morgan fingerprint density at radius 3 is 2.33 bits per heavy atom. The SMILES string of the molecule is COc1ccc2[nH]cc(CC(=O)Oc3ccc(C(=O)N4CCN(Cc5ccccc5)CC4)cc3)c2c1. The van der Waals surface area contributed by atoms with Gasteiger partial charge in [-0.2, -0.15) is 0 Å². The molecule has 0 spiro atoms. The van der Waals surface area contributed by atoms with Crippen molar-refractivity contribution in [2.45, 2.75) is 13.0 Å². The van der Waals surface area contributed by atoms with Gasteiger partial charge in [-0.05, 0) is 53.6 Å². The number of hydrogen-bond acceptors (Lipinski definition) is 5. The number of aromatic amines is 1. The molecule has 7 nitrogen and oxygen atoms in total. The Balaban J connectivity index is 1.14. The maximum absolute atomic E-state index is 13.0. The number of fused-ring (bicyclic) bond motifs is 1. The molecule has 1 N–H and O–H groups in total. The van der Waals surface area contributed by atoms with Crippen molar-refractivity contribution in [2.24, 2.45) is 0 Å². The molecule has 3 aromatic carbocycles. The molecular formula is C29H29N3O4. The van der Waals surface area contributed by atoms with E-state index in [0.717, 1.165) is 41.9 Å². The Morgan fingerprint density at radius 2 is 1.61 bits per heavy atom. The quantitative estimate of drug-likeness (QED) is 0.314. The van der Waals surface area contributed by atoms with E-state index >= 15 is 0 Å². The highest BCUT2D eigenvalue weighted by molar-refractivity contribution is 5.94. The fraction of sp³-hybridized carbons (Fsp3) is 0.241. The second-order valence-corrected chi connectivity index (χ2v) is 8.95. The van der Waals surface area contributed by atoms with Gasteiger partial charge in [0.25, 0.3) is 5.91 Å². The number of benzene rings is 3. The van der Waals surface area contributed by atoms with Gasteiger partial charge in [0, 0.05) is 55.4 Å². The summed E-state index contributed by atoms with van der Waals surface area (Å²) < 4.78 is 10.8. The molecule has 0 saturated carbocycles. The second-order valence-electron chi connectivity index (χ2n) is 8.95. The molecule has 1 amide bonds.